The Balaban J connectivity index is 2.35. The standard InChI is InChI=1S/C19H22F3N5O5S/c1-27(2)7-8-31-16(28)11-24-14(10-15(23)19(20,21)22)18-25-17(26-32-18)12-5-4-6-13(9-12)33(3,29)30/h4-6,9-10H,7-8,11,23H2,1-3H3. The second kappa shape index (κ2) is 10.6. The van der Waals surface area contributed by atoms with Crippen molar-refractivity contribution in [2.75, 3.05) is 40.0 Å². The molecule has 0 aliphatic carbocycles. The van der Waals surface area contributed by atoms with Crippen molar-refractivity contribution in [3.05, 3.63) is 41.9 Å². The van der Waals surface area contributed by atoms with Crippen LogP contribution in [0.15, 0.2) is 50.4 Å². The minimum Gasteiger partial charge on any atom is -0.463 e. The van der Waals surface area contributed by atoms with Crippen LogP contribution in [0, 0.1) is 0 Å². The molecule has 0 spiro atoms. The molecule has 2 aromatic rings. The van der Waals surface area contributed by atoms with Crippen LogP contribution in [0.3, 0.4) is 0 Å². The zero-order chi connectivity index (χ0) is 24.8. The van der Waals surface area contributed by atoms with E-state index in [4.69, 9.17) is 15.0 Å². The Kier molecular flexibility index (Phi) is 8.33. The highest BCUT2D eigenvalue weighted by Gasteiger charge is 2.32. The molecule has 0 amide bonds. The average Bonchev–Trinajstić information content (AvgIpc) is 3.19. The lowest BCUT2D eigenvalue weighted by Gasteiger charge is -2.09. The van der Waals surface area contributed by atoms with Gasteiger partial charge < -0.3 is 19.9 Å². The summed E-state index contributed by atoms with van der Waals surface area (Å²) in [6.07, 6.45) is -3.39. The number of sulfone groups is 1. The van der Waals surface area contributed by atoms with E-state index in [2.05, 4.69) is 15.1 Å². The molecular weight excluding hydrogens is 467 g/mol. The summed E-state index contributed by atoms with van der Waals surface area (Å²) in [4.78, 5) is 21.4. The number of hydrogen-bond acceptors (Lipinski definition) is 10. The highest BCUT2D eigenvalue weighted by molar-refractivity contribution is 7.90. The molecule has 0 bridgehead atoms. The molecule has 0 aliphatic rings. The Morgan fingerprint density at radius 3 is 2.64 bits per heavy atom. The van der Waals surface area contributed by atoms with Crippen LogP contribution in [-0.2, 0) is 19.4 Å². The first-order valence-corrected chi connectivity index (χ1v) is 11.2. The number of ether oxygens (including phenoxy) is 1. The Hall–Kier alpha value is -3.26. The number of rotatable bonds is 9. The van der Waals surface area contributed by atoms with Gasteiger partial charge in [0.2, 0.25) is 5.82 Å². The van der Waals surface area contributed by atoms with E-state index in [9.17, 15) is 26.4 Å². The van der Waals surface area contributed by atoms with Crippen molar-refractivity contribution < 1.29 is 35.6 Å². The van der Waals surface area contributed by atoms with Gasteiger partial charge >= 0.3 is 12.1 Å². The molecule has 0 radical (unpaired) electrons. The van der Waals surface area contributed by atoms with Crippen molar-refractivity contribution in [3.8, 4) is 11.4 Å². The first kappa shape index (κ1) is 26.0. The second-order valence-corrected chi connectivity index (χ2v) is 9.06. The molecule has 1 heterocycles. The zero-order valence-electron chi connectivity index (χ0n) is 18.0. The van der Waals surface area contributed by atoms with Crippen LogP contribution in [0.1, 0.15) is 5.89 Å². The van der Waals surface area contributed by atoms with E-state index in [1.54, 1.807) is 19.0 Å². The maximum atomic E-state index is 12.9. The Morgan fingerprint density at radius 2 is 2.03 bits per heavy atom. The number of nitrogens with zero attached hydrogens (tertiary/aromatic N) is 4. The molecule has 14 heteroatoms. The third-order valence-corrected chi connectivity index (χ3v) is 5.08. The first-order valence-electron chi connectivity index (χ1n) is 9.31. The van der Waals surface area contributed by atoms with E-state index in [-0.39, 0.29) is 22.9 Å². The number of carbonyl (C=O) groups is 1. The number of aromatic nitrogens is 2. The smallest absolute Gasteiger partial charge is 0.430 e. The molecule has 180 valence electrons. The number of carbonyl (C=O) groups excluding carboxylic acids is 1. The van der Waals surface area contributed by atoms with Gasteiger partial charge in [-0.3, -0.25) is 9.79 Å². The van der Waals surface area contributed by atoms with Gasteiger partial charge in [0.15, 0.2) is 9.84 Å². The van der Waals surface area contributed by atoms with E-state index in [1.807, 2.05) is 0 Å². The van der Waals surface area contributed by atoms with Crippen molar-refractivity contribution in [1.29, 1.82) is 0 Å². The summed E-state index contributed by atoms with van der Waals surface area (Å²) in [6.45, 7) is -0.104. The van der Waals surface area contributed by atoms with Crippen LogP contribution in [-0.4, -0.2) is 81.4 Å². The minimum absolute atomic E-state index is 0.0121. The predicted molar refractivity (Wildman–Crippen MR) is 112 cm³/mol. The maximum Gasteiger partial charge on any atom is 0.430 e. The van der Waals surface area contributed by atoms with Crippen LogP contribution in [0.25, 0.3) is 11.4 Å². The van der Waals surface area contributed by atoms with Crippen LogP contribution < -0.4 is 5.73 Å². The average molecular weight is 489 g/mol. The van der Waals surface area contributed by atoms with Gasteiger partial charge in [-0.05, 0) is 32.3 Å². The van der Waals surface area contributed by atoms with Crippen LogP contribution in [0.2, 0.25) is 0 Å². The van der Waals surface area contributed by atoms with Gasteiger partial charge in [-0.1, -0.05) is 17.3 Å². The first-order chi connectivity index (χ1) is 15.3. The number of likely N-dealkylation sites (N-methyl/N-ethyl adjacent to an activating group) is 1. The number of esters is 1. The molecule has 2 N–H and O–H groups in total. The molecule has 0 fully saturated rings. The van der Waals surface area contributed by atoms with Crippen molar-refractivity contribution >= 4 is 21.5 Å². The molecule has 2 rings (SSSR count). The lowest BCUT2D eigenvalue weighted by molar-refractivity contribution is -0.142. The molecular formula is C19H22F3N5O5S. The molecule has 1 aromatic heterocycles. The van der Waals surface area contributed by atoms with Crippen molar-refractivity contribution in [1.82, 2.24) is 15.0 Å². The Labute approximate surface area is 187 Å². The molecule has 1 aromatic carbocycles. The zero-order valence-corrected chi connectivity index (χ0v) is 18.8. The largest absolute Gasteiger partial charge is 0.463 e. The monoisotopic (exact) mass is 489 g/mol. The van der Waals surface area contributed by atoms with E-state index in [1.165, 1.54) is 24.3 Å². The van der Waals surface area contributed by atoms with Gasteiger partial charge in [0.05, 0.1) is 4.90 Å². The van der Waals surface area contributed by atoms with Crippen LogP contribution in [0.4, 0.5) is 13.2 Å². The number of aliphatic imine (C=N–C) groups is 1. The molecule has 33 heavy (non-hydrogen) atoms. The summed E-state index contributed by atoms with van der Waals surface area (Å²) >= 11 is 0. The van der Waals surface area contributed by atoms with Gasteiger partial charge in [-0.15, -0.1) is 0 Å². The third kappa shape index (κ3) is 7.98. The Bertz CT molecular complexity index is 1160. The van der Waals surface area contributed by atoms with Crippen molar-refractivity contribution in [2.24, 2.45) is 10.7 Å². The van der Waals surface area contributed by atoms with E-state index >= 15 is 0 Å². The summed E-state index contributed by atoms with van der Waals surface area (Å²) < 4.78 is 72.2. The van der Waals surface area contributed by atoms with Gasteiger partial charge in [0, 0.05) is 18.4 Å². The maximum absolute atomic E-state index is 12.9. The molecule has 0 saturated carbocycles. The second-order valence-electron chi connectivity index (χ2n) is 7.05. The number of allylic oxidation sites excluding steroid dienone is 2. The number of halogens is 3. The van der Waals surface area contributed by atoms with Gasteiger partial charge in [0.25, 0.3) is 5.89 Å². The quantitative estimate of drug-likeness (QED) is 0.409. The highest BCUT2D eigenvalue weighted by Crippen LogP contribution is 2.23. The van der Waals surface area contributed by atoms with Crippen molar-refractivity contribution in [2.45, 2.75) is 11.1 Å². The van der Waals surface area contributed by atoms with Gasteiger partial charge in [0.1, 0.15) is 24.6 Å². The summed E-state index contributed by atoms with van der Waals surface area (Å²) in [5.74, 6) is -1.34. The molecule has 0 atom stereocenters. The fourth-order valence-electron chi connectivity index (χ4n) is 2.25. The Morgan fingerprint density at radius 1 is 1.33 bits per heavy atom. The van der Waals surface area contributed by atoms with E-state index in [0.717, 1.165) is 6.26 Å². The third-order valence-electron chi connectivity index (χ3n) is 3.97. The van der Waals surface area contributed by atoms with Gasteiger partial charge in [-0.25, -0.2) is 8.42 Å². The van der Waals surface area contributed by atoms with Crippen molar-refractivity contribution in [3.63, 3.8) is 0 Å². The summed E-state index contributed by atoms with van der Waals surface area (Å²) in [5, 5.41) is 3.66. The highest BCUT2D eigenvalue weighted by atomic mass is 32.2. The predicted octanol–water partition coefficient (Wildman–Crippen LogP) is 1.44. The lowest BCUT2D eigenvalue weighted by Crippen LogP contribution is -2.22. The van der Waals surface area contributed by atoms with E-state index in [0.29, 0.717) is 12.6 Å². The van der Waals surface area contributed by atoms with Crippen LogP contribution in [0.5, 0.6) is 0 Å². The number of benzene rings is 1. The summed E-state index contributed by atoms with van der Waals surface area (Å²) in [7, 11) is 0.0210. The SMILES string of the molecule is CN(C)CCOC(=O)CN=C(C=C(N)C(F)(F)F)c1nc(-c2cccc(S(C)(=O)=O)c2)no1. The number of hydrogen-bond donors (Lipinski definition) is 1. The molecule has 0 aliphatic heterocycles. The topological polar surface area (TPSA) is 141 Å². The molecule has 0 unspecified atom stereocenters. The molecule has 10 nitrogen and oxygen atoms in total. The summed E-state index contributed by atoms with van der Waals surface area (Å²) in [6, 6.07) is 5.58. The number of alkyl halides is 3. The van der Waals surface area contributed by atoms with E-state index < -0.39 is 45.8 Å². The normalized spacial score (nSPS) is 13.4. The fraction of sp³-hybridized carbons (Fsp3) is 0.368. The fourth-order valence-corrected chi connectivity index (χ4v) is 2.92. The number of nitrogens with two attached hydrogens (primary N) is 1. The summed E-state index contributed by atoms with van der Waals surface area (Å²) in [5.41, 5.74) is 3.32. The minimum atomic E-state index is -4.86. The lowest BCUT2D eigenvalue weighted by atomic mass is 10.2. The van der Waals surface area contributed by atoms with Crippen LogP contribution >= 0.6 is 0 Å². The molecule has 0 saturated heterocycles. The van der Waals surface area contributed by atoms with Gasteiger partial charge in [-0.2, -0.15) is 18.2 Å².